The fourth-order valence-corrected chi connectivity index (χ4v) is 4.63. The van der Waals surface area contributed by atoms with Crippen molar-refractivity contribution in [1.82, 2.24) is 30.1 Å². The molecule has 4 heterocycles. The van der Waals surface area contributed by atoms with Crippen LogP contribution in [-0.2, 0) is 23.0 Å². The molecule has 8 heteroatoms. The average molecular weight is 421 g/mol. The second kappa shape index (κ2) is 8.09. The van der Waals surface area contributed by atoms with Crippen LogP contribution in [0.15, 0.2) is 30.5 Å². The van der Waals surface area contributed by atoms with Crippen molar-refractivity contribution in [3.63, 3.8) is 0 Å². The summed E-state index contributed by atoms with van der Waals surface area (Å²) >= 11 is 0. The van der Waals surface area contributed by atoms with Crippen LogP contribution < -0.4 is 0 Å². The molecule has 31 heavy (non-hydrogen) atoms. The van der Waals surface area contributed by atoms with Crippen molar-refractivity contribution in [3.05, 3.63) is 36.2 Å². The van der Waals surface area contributed by atoms with E-state index in [0.29, 0.717) is 11.8 Å². The Hall–Kier alpha value is -2.71. The van der Waals surface area contributed by atoms with E-state index in [1.165, 1.54) is 0 Å². The summed E-state index contributed by atoms with van der Waals surface area (Å²) in [5, 5.41) is 17.8. The smallest absolute Gasteiger partial charge is 0.142 e. The molecule has 2 aliphatic heterocycles. The molecule has 2 saturated heterocycles. The number of carbonyl (C=O) groups excluding carboxylic acids is 1. The van der Waals surface area contributed by atoms with Gasteiger partial charge in [-0.25, -0.2) is 0 Å². The zero-order valence-electron chi connectivity index (χ0n) is 18.1. The number of rotatable bonds is 6. The summed E-state index contributed by atoms with van der Waals surface area (Å²) in [4.78, 5) is 15.4. The zero-order chi connectivity index (χ0) is 21.4. The maximum absolute atomic E-state index is 12.9. The summed E-state index contributed by atoms with van der Waals surface area (Å²) in [5.74, 6) is 0.390. The molecule has 8 nitrogen and oxygen atoms in total. The fourth-order valence-electron chi connectivity index (χ4n) is 4.63. The molecule has 0 radical (unpaired) electrons. The van der Waals surface area contributed by atoms with Gasteiger partial charge in [0, 0.05) is 35.9 Å². The maximum atomic E-state index is 12.9. The first-order valence-corrected chi connectivity index (χ1v) is 10.9. The second-order valence-electron chi connectivity index (χ2n) is 9.38. The van der Waals surface area contributed by atoms with E-state index in [-0.39, 0.29) is 11.7 Å². The van der Waals surface area contributed by atoms with Crippen molar-refractivity contribution >= 4 is 16.7 Å². The highest BCUT2D eigenvalue weighted by Gasteiger charge is 2.36. The van der Waals surface area contributed by atoms with Crippen molar-refractivity contribution in [2.75, 3.05) is 32.8 Å². The van der Waals surface area contributed by atoms with Crippen LogP contribution in [0.25, 0.3) is 22.2 Å². The SMILES string of the molecule is Cn1cc(-c2ccc3nnc(CC(=O)C4CCN(CC5(C)COC5)CC4)cc3c2)nn1. The number of aromatic nitrogens is 5. The first-order chi connectivity index (χ1) is 15.0. The van der Waals surface area contributed by atoms with Crippen LogP contribution in [0.3, 0.4) is 0 Å². The highest BCUT2D eigenvalue weighted by atomic mass is 16.5. The van der Waals surface area contributed by atoms with Gasteiger partial charge in [-0.1, -0.05) is 18.2 Å². The topological polar surface area (TPSA) is 86.0 Å². The van der Waals surface area contributed by atoms with Gasteiger partial charge in [0.25, 0.3) is 0 Å². The number of carbonyl (C=O) groups is 1. The van der Waals surface area contributed by atoms with E-state index in [1.54, 1.807) is 4.68 Å². The first kappa shape index (κ1) is 20.2. The average Bonchev–Trinajstić information content (AvgIpc) is 3.19. The van der Waals surface area contributed by atoms with Gasteiger partial charge in [0.1, 0.15) is 11.5 Å². The minimum absolute atomic E-state index is 0.116. The number of hydrogen-bond donors (Lipinski definition) is 0. The number of hydrogen-bond acceptors (Lipinski definition) is 7. The lowest BCUT2D eigenvalue weighted by molar-refractivity contribution is -0.127. The van der Waals surface area contributed by atoms with Gasteiger partial charge in [0.2, 0.25) is 0 Å². The Labute approximate surface area is 181 Å². The Morgan fingerprint density at radius 2 is 1.97 bits per heavy atom. The van der Waals surface area contributed by atoms with Gasteiger partial charge in [-0.2, -0.15) is 10.2 Å². The fraction of sp³-hybridized carbons (Fsp3) is 0.522. The molecule has 162 valence electrons. The van der Waals surface area contributed by atoms with Crippen LogP contribution in [-0.4, -0.2) is 68.7 Å². The molecule has 0 N–H and O–H groups in total. The van der Waals surface area contributed by atoms with Gasteiger partial charge < -0.3 is 9.64 Å². The summed E-state index contributed by atoms with van der Waals surface area (Å²) in [5.41, 5.74) is 3.62. The Morgan fingerprint density at radius 1 is 1.16 bits per heavy atom. The van der Waals surface area contributed by atoms with Gasteiger partial charge in [-0.3, -0.25) is 9.48 Å². The van der Waals surface area contributed by atoms with Crippen molar-refractivity contribution < 1.29 is 9.53 Å². The molecule has 0 unspecified atom stereocenters. The Kier molecular flexibility index (Phi) is 5.27. The van der Waals surface area contributed by atoms with Crippen molar-refractivity contribution in [2.24, 2.45) is 18.4 Å². The Morgan fingerprint density at radius 3 is 2.65 bits per heavy atom. The molecule has 0 aliphatic carbocycles. The normalized spacial score (nSPS) is 19.4. The summed E-state index contributed by atoms with van der Waals surface area (Å²) in [6.07, 6.45) is 4.07. The molecule has 0 bridgehead atoms. The maximum Gasteiger partial charge on any atom is 0.142 e. The van der Waals surface area contributed by atoms with E-state index in [4.69, 9.17) is 4.74 Å². The third kappa shape index (κ3) is 4.36. The van der Waals surface area contributed by atoms with Gasteiger partial charge >= 0.3 is 0 Å². The monoisotopic (exact) mass is 420 g/mol. The van der Waals surface area contributed by atoms with E-state index < -0.39 is 0 Å². The standard InChI is InChI=1S/C23H28N6O2/c1-23(14-31-15-23)13-29-7-5-16(6-8-29)22(30)11-19-10-18-9-17(3-4-20(18)25-24-19)21-12-28(2)27-26-21/h3-4,9-10,12,16H,5-8,11,13-15H2,1-2H3. The highest BCUT2D eigenvalue weighted by Crippen LogP contribution is 2.30. The van der Waals surface area contributed by atoms with E-state index in [9.17, 15) is 4.79 Å². The van der Waals surface area contributed by atoms with Gasteiger partial charge in [-0.15, -0.1) is 5.10 Å². The zero-order valence-corrected chi connectivity index (χ0v) is 18.1. The van der Waals surface area contributed by atoms with Crippen molar-refractivity contribution in [1.29, 1.82) is 0 Å². The third-order valence-corrected chi connectivity index (χ3v) is 6.44. The van der Waals surface area contributed by atoms with Crippen LogP contribution >= 0.6 is 0 Å². The minimum atomic E-state index is 0.116. The summed E-state index contributed by atoms with van der Waals surface area (Å²) in [6.45, 7) is 7.02. The lowest BCUT2D eigenvalue weighted by atomic mass is 9.85. The Bertz CT molecular complexity index is 1100. The van der Waals surface area contributed by atoms with Crippen LogP contribution in [0, 0.1) is 11.3 Å². The molecule has 0 saturated carbocycles. The molecule has 0 amide bonds. The van der Waals surface area contributed by atoms with Gasteiger partial charge in [-0.05, 0) is 44.1 Å². The van der Waals surface area contributed by atoms with Crippen molar-refractivity contribution in [2.45, 2.75) is 26.2 Å². The van der Waals surface area contributed by atoms with Crippen LogP contribution in [0.1, 0.15) is 25.5 Å². The van der Waals surface area contributed by atoms with Gasteiger partial charge in [0.15, 0.2) is 0 Å². The van der Waals surface area contributed by atoms with Crippen LogP contribution in [0.4, 0.5) is 0 Å². The molecular weight excluding hydrogens is 392 g/mol. The lowest BCUT2D eigenvalue weighted by Gasteiger charge is -2.43. The minimum Gasteiger partial charge on any atom is -0.380 e. The number of ketones is 1. The number of ether oxygens (including phenoxy) is 1. The third-order valence-electron chi connectivity index (χ3n) is 6.44. The second-order valence-corrected chi connectivity index (χ2v) is 9.38. The molecule has 0 atom stereocenters. The number of Topliss-reactive ketones (excluding diaryl/α,β-unsaturated/α-hetero) is 1. The molecule has 2 aliphatic rings. The van der Waals surface area contributed by atoms with E-state index >= 15 is 0 Å². The summed E-state index contributed by atoms with van der Waals surface area (Å²) in [6, 6.07) is 7.91. The number of likely N-dealkylation sites (tertiary alicyclic amines) is 1. The van der Waals surface area contributed by atoms with Crippen LogP contribution in [0.2, 0.25) is 0 Å². The molecule has 1 aromatic carbocycles. The predicted octanol–water partition coefficient (Wildman–Crippen LogP) is 2.29. The molecule has 2 aromatic heterocycles. The molecular formula is C23H28N6O2. The number of piperidine rings is 1. The van der Waals surface area contributed by atoms with Crippen LogP contribution in [0.5, 0.6) is 0 Å². The molecule has 3 aromatic rings. The lowest BCUT2D eigenvalue weighted by Crippen LogP contribution is -2.50. The summed E-state index contributed by atoms with van der Waals surface area (Å²) in [7, 11) is 1.85. The largest absolute Gasteiger partial charge is 0.380 e. The molecule has 0 spiro atoms. The van der Waals surface area contributed by atoms with Gasteiger partial charge in [0.05, 0.1) is 37.0 Å². The van der Waals surface area contributed by atoms with E-state index in [2.05, 4.69) is 32.3 Å². The number of benzene rings is 1. The highest BCUT2D eigenvalue weighted by molar-refractivity contribution is 5.86. The first-order valence-electron chi connectivity index (χ1n) is 10.9. The summed E-state index contributed by atoms with van der Waals surface area (Å²) < 4.78 is 7.05. The van der Waals surface area contributed by atoms with Crippen molar-refractivity contribution in [3.8, 4) is 11.3 Å². The quantitative estimate of drug-likeness (QED) is 0.605. The number of fused-ring (bicyclic) bond motifs is 1. The predicted molar refractivity (Wildman–Crippen MR) is 116 cm³/mol. The van der Waals surface area contributed by atoms with E-state index in [0.717, 1.165) is 73.5 Å². The van der Waals surface area contributed by atoms with E-state index in [1.807, 2.05) is 37.5 Å². The Balaban J connectivity index is 1.23. The number of aryl methyl sites for hydroxylation is 1. The molecule has 2 fully saturated rings. The number of nitrogens with zero attached hydrogens (tertiary/aromatic N) is 6. The molecule has 5 rings (SSSR count).